The number of methoxy groups -OCH3 is 3. The lowest BCUT2D eigenvalue weighted by Crippen LogP contribution is -2.47. The zero-order valence-electron chi connectivity index (χ0n) is 29.5. The lowest BCUT2D eigenvalue weighted by molar-refractivity contribution is -0.138. The van der Waals surface area contributed by atoms with E-state index in [-0.39, 0.29) is 35.9 Å². The number of rotatable bonds is 17. The third-order valence-electron chi connectivity index (χ3n) is 10.6. The first kappa shape index (κ1) is 36.1. The number of hydrogen-bond donors (Lipinski definition) is 5. The molecule has 51 heavy (non-hydrogen) atoms. The van der Waals surface area contributed by atoms with Crippen molar-refractivity contribution in [3.63, 3.8) is 0 Å². The highest BCUT2D eigenvalue weighted by atomic mass is 16.5. The number of ether oxygens (including phenoxy) is 3. The van der Waals surface area contributed by atoms with Gasteiger partial charge < -0.3 is 40.2 Å². The summed E-state index contributed by atoms with van der Waals surface area (Å²) in [5.74, 6) is -2.37. The Morgan fingerprint density at radius 1 is 0.765 bits per heavy atom. The van der Waals surface area contributed by atoms with Crippen LogP contribution < -0.4 is 10.6 Å². The predicted octanol–water partition coefficient (Wildman–Crippen LogP) is 4.08. The van der Waals surface area contributed by atoms with Gasteiger partial charge in [0.25, 0.3) is 0 Å². The quantitative estimate of drug-likeness (QED) is 0.108. The van der Waals surface area contributed by atoms with E-state index in [9.17, 15) is 24.3 Å². The van der Waals surface area contributed by atoms with Crippen molar-refractivity contribution in [2.75, 3.05) is 34.4 Å². The highest BCUT2D eigenvalue weighted by Crippen LogP contribution is 2.61. The van der Waals surface area contributed by atoms with Crippen LogP contribution >= 0.6 is 0 Å². The van der Waals surface area contributed by atoms with Crippen molar-refractivity contribution in [3.8, 4) is 0 Å². The van der Waals surface area contributed by atoms with Gasteiger partial charge in [0, 0.05) is 79.4 Å². The lowest BCUT2D eigenvalue weighted by atomic mass is 9.57. The summed E-state index contributed by atoms with van der Waals surface area (Å²) < 4.78 is 17.7. The van der Waals surface area contributed by atoms with E-state index in [4.69, 9.17) is 24.4 Å². The molecule has 4 atom stereocenters. The summed E-state index contributed by atoms with van der Waals surface area (Å²) in [4.78, 5) is 50.4. The second kappa shape index (κ2) is 14.9. The SMILES string of the molecule is COC1=CC(=O)C2=C3C1=C1C(OC)=CC(=O)C4=C1C1C3=C(CC(C)=CC1C(NCCCCCC(=O)O)=C4NCCCCCC(=O)O)C(OC)C2O. The van der Waals surface area contributed by atoms with Crippen LogP contribution in [0.3, 0.4) is 0 Å². The number of carbonyl (C=O) groups is 4. The summed E-state index contributed by atoms with van der Waals surface area (Å²) in [6.45, 7) is 3.06. The monoisotopic (exact) mass is 702 g/mol. The number of aliphatic carboxylic acids is 2. The summed E-state index contributed by atoms with van der Waals surface area (Å²) in [5.41, 5.74) is 7.50. The second-order valence-corrected chi connectivity index (χ2v) is 13.8. The molecule has 0 aliphatic heterocycles. The maximum Gasteiger partial charge on any atom is 0.303 e. The highest BCUT2D eigenvalue weighted by molar-refractivity contribution is 6.14. The van der Waals surface area contributed by atoms with Crippen molar-refractivity contribution in [2.45, 2.75) is 76.9 Å². The number of carbonyl (C=O) groups excluding carboxylic acids is 2. The van der Waals surface area contributed by atoms with Gasteiger partial charge in [-0.2, -0.15) is 0 Å². The fourth-order valence-corrected chi connectivity index (χ4v) is 8.55. The van der Waals surface area contributed by atoms with Crippen LogP contribution in [0.5, 0.6) is 0 Å². The van der Waals surface area contributed by atoms with Crippen molar-refractivity contribution < 1.29 is 48.7 Å². The summed E-state index contributed by atoms with van der Waals surface area (Å²) in [6, 6.07) is 0. The van der Waals surface area contributed by atoms with E-state index in [1.807, 2.05) is 6.92 Å². The van der Waals surface area contributed by atoms with Crippen molar-refractivity contribution in [3.05, 3.63) is 91.3 Å². The Kier molecular flexibility index (Phi) is 10.5. The second-order valence-electron chi connectivity index (χ2n) is 13.8. The molecular formula is C39H46N2O10. The zero-order valence-corrected chi connectivity index (χ0v) is 29.5. The Balaban J connectivity index is 1.57. The number of carboxylic acids is 2. The van der Waals surface area contributed by atoms with E-state index in [2.05, 4.69) is 16.7 Å². The van der Waals surface area contributed by atoms with Crippen LogP contribution in [0.25, 0.3) is 0 Å². The zero-order chi connectivity index (χ0) is 36.6. The molecule has 0 radical (unpaired) electrons. The Morgan fingerprint density at radius 3 is 1.98 bits per heavy atom. The topological polar surface area (TPSA) is 181 Å². The van der Waals surface area contributed by atoms with E-state index in [0.29, 0.717) is 97.5 Å². The molecule has 0 saturated carbocycles. The van der Waals surface area contributed by atoms with E-state index in [1.54, 1.807) is 0 Å². The third-order valence-corrected chi connectivity index (χ3v) is 10.6. The lowest BCUT2D eigenvalue weighted by Gasteiger charge is -2.48. The van der Waals surface area contributed by atoms with Crippen LogP contribution in [0.1, 0.15) is 64.7 Å². The number of carboxylic acid groups (broad SMARTS) is 2. The van der Waals surface area contributed by atoms with Gasteiger partial charge in [0.15, 0.2) is 11.6 Å². The molecule has 0 saturated heterocycles. The van der Waals surface area contributed by atoms with E-state index in [1.165, 1.54) is 33.5 Å². The van der Waals surface area contributed by atoms with Gasteiger partial charge in [-0.05, 0) is 61.3 Å². The largest absolute Gasteiger partial charge is 0.496 e. The van der Waals surface area contributed by atoms with Crippen molar-refractivity contribution in [1.29, 1.82) is 0 Å². The minimum Gasteiger partial charge on any atom is -0.496 e. The Hall–Kier alpha value is -4.68. The molecule has 4 unspecified atom stereocenters. The van der Waals surface area contributed by atoms with E-state index >= 15 is 0 Å². The summed E-state index contributed by atoms with van der Waals surface area (Å²) in [7, 11) is 4.53. The molecule has 6 aliphatic rings. The molecule has 0 fully saturated rings. The predicted molar refractivity (Wildman–Crippen MR) is 186 cm³/mol. The Bertz CT molecular complexity index is 1820. The number of ketones is 2. The van der Waals surface area contributed by atoms with Crippen LogP contribution in [0.2, 0.25) is 0 Å². The van der Waals surface area contributed by atoms with Crippen molar-refractivity contribution >= 4 is 23.5 Å². The maximum absolute atomic E-state index is 14.4. The maximum atomic E-state index is 14.4. The van der Waals surface area contributed by atoms with Crippen LogP contribution in [-0.4, -0.2) is 85.5 Å². The minimum atomic E-state index is -1.23. The number of aliphatic hydroxyl groups is 1. The van der Waals surface area contributed by atoms with Crippen LogP contribution in [0.15, 0.2) is 91.3 Å². The summed E-state index contributed by atoms with van der Waals surface area (Å²) >= 11 is 0. The molecule has 0 bridgehead atoms. The van der Waals surface area contributed by atoms with Crippen molar-refractivity contribution in [2.24, 2.45) is 11.8 Å². The number of unbranched alkanes of at least 4 members (excludes halogenated alkanes) is 4. The Labute approximate surface area is 297 Å². The standard InChI is InChI=1S/C39H46N2O10/c1-19-15-20-28-29-21(16-19)39(51-4)38(48)31-23(43)18-25(50-3)33(35(29)31)32-24(49-2)17-22(42)30(34(28)32)37(41-14-10-6-8-12-27(46)47)36(20)40-13-9-5-7-11-26(44)45/h15,17-18,20,28,38-41,48H,5-14,16H2,1-4H3,(H,44,45)(H,46,47). The molecule has 0 aromatic rings. The van der Waals surface area contributed by atoms with E-state index < -0.39 is 30.1 Å². The minimum absolute atomic E-state index is 0.0881. The van der Waals surface area contributed by atoms with Gasteiger partial charge in [-0.1, -0.05) is 24.5 Å². The van der Waals surface area contributed by atoms with Gasteiger partial charge in [-0.3, -0.25) is 19.2 Å². The molecule has 0 aromatic carbocycles. The third kappa shape index (κ3) is 6.40. The number of aliphatic hydroxyl groups excluding tert-OH is 1. The van der Waals surface area contributed by atoms with Gasteiger partial charge in [0.1, 0.15) is 23.7 Å². The van der Waals surface area contributed by atoms with E-state index in [0.717, 1.165) is 28.0 Å². The molecule has 6 aliphatic carbocycles. The summed E-state index contributed by atoms with van der Waals surface area (Å²) in [6.07, 6.45) is 7.59. The van der Waals surface area contributed by atoms with Gasteiger partial charge in [0.2, 0.25) is 0 Å². The number of allylic oxidation sites excluding steroid dienone is 8. The molecule has 12 nitrogen and oxygen atoms in total. The molecule has 12 heteroatoms. The molecule has 0 amide bonds. The molecule has 0 spiro atoms. The van der Waals surface area contributed by atoms with Crippen LogP contribution in [-0.2, 0) is 33.4 Å². The normalized spacial score (nSPS) is 24.9. The van der Waals surface area contributed by atoms with Gasteiger partial charge >= 0.3 is 11.9 Å². The molecule has 6 rings (SSSR count). The number of nitrogens with one attached hydrogen (secondary N) is 2. The molecule has 5 N–H and O–H groups in total. The van der Waals surface area contributed by atoms with Crippen molar-refractivity contribution in [1.82, 2.24) is 10.6 Å². The Morgan fingerprint density at radius 2 is 1.37 bits per heavy atom. The van der Waals surface area contributed by atoms with Crippen LogP contribution in [0, 0.1) is 11.8 Å². The molecule has 0 heterocycles. The van der Waals surface area contributed by atoms with Gasteiger partial charge in [-0.15, -0.1) is 0 Å². The summed E-state index contributed by atoms with van der Waals surface area (Å²) in [5, 5.41) is 37.2. The molecular weight excluding hydrogens is 656 g/mol. The first-order valence-corrected chi connectivity index (χ1v) is 17.6. The fourth-order valence-electron chi connectivity index (χ4n) is 8.55. The number of hydrogen-bond acceptors (Lipinski definition) is 10. The average Bonchev–Trinajstić information content (AvgIpc) is 3.24. The fraction of sp³-hybridized carbons (Fsp3) is 0.487. The first-order chi connectivity index (χ1) is 24.5. The molecule has 0 aromatic heterocycles. The van der Waals surface area contributed by atoms with Crippen LogP contribution in [0.4, 0.5) is 0 Å². The average molecular weight is 703 g/mol. The smallest absolute Gasteiger partial charge is 0.303 e. The first-order valence-electron chi connectivity index (χ1n) is 17.6. The molecule has 272 valence electrons. The highest BCUT2D eigenvalue weighted by Gasteiger charge is 2.55. The van der Waals surface area contributed by atoms with Gasteiger partial charge in [-0.25, -0.2) is 0 Å². The van der Waals surface area contributed by atoms with Gasteiger partial charge in [0.05, 0.1) is 25.5 Å².